The molecule has 0 radical (unpaired) electrons. The first-order valence-corrected chi connectivity index (χ1v) is 5.36. The Labute approximate surface area is 73.7 Å². The Balaban J connectivity index is 0.000000292. The molecule has 2 heteroatoms. The Morgan fingerprint density at radius 2 is 1.82 bits per heavy atom. The van der Waals surface area contributed by atoms with Gasteiger partial charge in [-0.2, -0.15) is 11.8 Å². The molecule has 0 aromatic rings. The van der Waals surface area contributed by atoms with Gasteiger partial charge in [-0.15, -0.1) is 0 Å². The van der Waals surface area contributed by atoms with Crippen molar-refractivity contribution in [2.45, 2.75) is 19.8 Å². The molecule has 0 aromatic heterocycles. The molecule has 1 aliphatic carbocycles. The standard InChI is InChI=1S/C7H11N.C2H6S/c1-6-2-4-7(8)5-3-6;1-3-2/h2,4H,3,5,8H2,1H3;1-2H3. The molecule has 2 N–H and O–H groups in total. The summed E-state index contributed by atoms with van der Waals surface area (Å²) >= 11 is 1.75. The number of allylic oxidation sites excluding steroid dienone is 4. The monoisotopic (exact) mass is 171 g/mol. The molecule has 0 aromatic carbocycles. The molecule has 0 unspecified atom stereocenters. The molecule has 1 aliphatic rings. The maximum atomic E-state index is 5.51. The van der Waals surface area contributed by atoms with Crippen LogP contribution in [0.3, 0.4) is 0 Å². The topological polar surface area (TPSA) is 26.0 Å². The van der Waals surface area contributed by atoms with E-state index in [0.29, 0.717) is 0 Å². The summed E-state index contributed by atoms with van der Waals surface area (Å²) in [6.07, 6.45) is 10.3. The van der Waals surface area contributed by atoms with Crippen molar-refractivity contribution in [3.63, 3.8) is 0 Å². The number of thioether (sulfide) groups is 1. The smallest absolute Gasteiger partial charge is 0.00836 e. The van der Waals surface area contributed by atoms with Gasteiger partial charge in [0.1, 0.15) is 0 Å². The lowest BCUT2D eigenvalue weighted by molar-refractivity contribution is 0.893. The van der Waals surface area contributed by atoms with Gasteiger partial charge >= 0.3 is 0 Å². The van der Waals surface area contributed by atoms with E-state index >= 15 is 0 Å². The summed E-state index contributed by atoms with van der Waals surface area (Å²) < 4.78 is 0. The van der Waals surface area contributed by atoms with Gasteiger partial charge < -0.3 is 5.73 Å². The zero-order chi connectivity index (χ0) is 8.69. The van der Waals surface area contributed by atoms with Crippen LogP contribution < -0.4 is 5.73 Å². The molecule has 64 valence electrons. The fourth-order valence-electron chi connectivity index (χ4n) is 0.757. The van der Waals surface area contributed by atoms with Crippen LogP contribution in [0.1, 0.15) is 19.8 Å². The number of rotatable bonds is 0. The third-order valence-electron chi connectivity index (χ3n) is 1.39. The van der Waals surface area contributed by atoms with Crippen molar-refractivity contribution in [2.24, 2.45) is 5.73 Å². The van der Waals surface area contributed by atoms with Crippen molar-refractivity contribution in [1.82, 2.24) is 0 Å². The van der Waals surface area contributed by atoms with E-state index in [9.17, 15) is 0 Å². The summed E-state index contributed by atoms with van der Waals surface area (Å²) in [5.74, 6) is 0. The normalized spacial score (nSPS) is 15.9. The molecule has 0 heterocycles. The highest BCUT2D eigenvalue weighted by Gasteiger charge is 1.96. The summed E-state index contributed by atoms with van der Waals surface area (Å²) in [6.45, 7) is 2.13. The first-order chi connectivity index (χ1) is 5.20. The number of hydrogen-bond donors (Lipinski definition) is 1. The highest BCUT2D eigenvalue weighted by atomic mass is 32.2. The first kappa shape index (κ1) is 10.6. The fraction of sp³-hybridized carbons (Fsp3) is 0.556. The van der Waals surface area contributed by atoms with E-state index in [1.54, 1.807) is 11.8 Å². The van der Waals surface area contributed by atoms with Crippen LogP contribution in [-0.2, 0) is 0 Å². The Morgan fingerprint density at radius 1 is 1.27 bits per heavy atom. The number of nitrogens with two attached hydrogens (primary N) is 1. The second kappa shape index (κ2) is 6.35. The first-order valence-electron chi connectivity index (χ1n) is 3.72. The van der Waals surface area contributed by atoms with Crippen molar-refractivity contribution in [1.29, 1.82) is 0 Å². The average Bonchev–Trinajstić information content (AvgIpc) is 1.97. The second-order valence-electron chi connectivity index (χ2n) is 2.66. The lowest BCUT2D eigenvalue weighted by atomic mass is 10.1. The largest absolute Gasteiger partial charge is 0.402 e. The third kappa shape index (κ3) is 6.05. The quantitative estimate of drug-likeness (QED) is 0.606. The van der Waals surface area contributed by atoms with Gasteiger partial charge in [-0.1, -0.05) is 11.6 Å². The van der Waals surface area contributed by atoms with E-state index in [0.717, 1.165) is 18.5 Å². The molecule has 0 fully saturated rings. The van der Waals surface area contributed by atoms with E-state index in [2.05, 4.69) is 13.0 Å². The van der Waals surface area contributed by atoms with Crippen LogP contribution in [0, 0.1) is 0 Å². The molecule has 0 atom stereocenters. The average molecular weight is 171 g/mol. The predicted molar refractivity (Wildman–Crippen MR) is 54.7 cm³/mol. The number of hydrogen-bond acceptors (Lipinski definition) is 2. The summed E-state index contributed by atoms with van der Waals surface area (Å²) in [5.41, 5.74) is 7.95. The molecule has 0 bridgehead atoms. The van der Waals surface area contributed by atoms with Crippen molar-refractivity contribution >= 4 is 11.8 Å². The molecule has 0 spiro atoms. The van der Waals surface area contributed by atoms with Gasteiger partial charge in [-0.05, 0) is 38.4 Å². The van der Waals surface area contributed by atoms with Crippen LogP contribution in [0.15, 0.2) is 23.4 Å². The molecule has 0 saturated carbocycles. The van der Waals surface area contributed by atoms with E-state index in [4.69, 9.17) is 5.73 Å². The minimum absolute atomic E-state index is 1.01. The van der Waals surface area contributed by atoms with Gasteiger partial charge in [0.15, 0.2) is 0 Å². The Kier molecular flexibility index (Phi) is 6.13. The Morgan fingerprint density at radius 3 is 2.09 bits per heavy atom. The molecule has 0 aliphatic heterocycles. The highest BCUT2D eigenvalue weighted by molar-refractivity contribution is 7.97. The maximum absolute atomic E-state index is 5.51. The van der Waals surface area contributed by atoms with Gasteiger partial charge in [0.05, 0.1) is 0 Å². The van der Waals surface area contributed by atoms with Gasteiger partial charge in [0, 0.05) is 5.70 Å². The molecular formula is C9H17NS. The molecule has 11 heavy (non-hydrogen) atoms. The molecule has 0 saturated heterocycles. The fourth-order valence-corrected chi connectivity index (χ4v) is 0.757. The Bertz CT molecular complexity index is 141. The van der Waals surface area contributed by atoms with Crippen LogP contribution in [0.25, 0.3) is 0 Å². The minimum atomic E-state index is 1.01. The second-order valence-corrected chi connectivity index (χ2v) is 3.48. The van der Waals surface area contributed by atoms with Crippen LogP contribution >= 0.6 is 11.8 Å². The lowest BCUT2D eigenvalue weighted by Gasteiger charge is -2.05. The summed E-state index contributed by atoms with van der Waals surface area (Å²) in [4.78, 5) is 0. The summed E-state index contributed by atoms with van der Waals surface area (Å²) in [7, 11) is 0. The minimum Gasteiger partial charge on any atom is -0.402 e. The molecule has 1 rings (SSSR count). The lowest BCUT2D eigenvalue weighted by Crippen LogP contribution is -1.99. The van der Waals surface area contributed by atoms with E-state index in [1.165, 1.54) is 5.57 Å². The van der Waals surface area contributed by atoms with Gasteiger partial charge in [-0.3, -0.25) is 0 Å². The zero-order valence-electron chi connectivity index (χ0n) is 7.55. The van der Waals surface area contributed by atoms with Crippen molar-refractivity contribution in [3.05, 3.63) is 23.4 Å². The summed E-state index contributed by atoms with van der Waals surface area (Å²) in [5, 5.41) is 0. The van der Waals surface area contributed by atoms with Gasteiger partial charge in [0.25, 0.3) is 0 Å². The molecule has 0 amide bonds. The van der Waals surface area contributed by atoms with E-state index < -0.39 is 0 Å². The van der Waals surface area contributed by atoms with Crippen LogP contribution in [-0.4, -0.2) is 12.5 Å². The predicted octanol–water partition coefficient (Wildman–Crippen LogP) is 2.55. The van der Waals surface area contributed by atoms with E-state index in [1.807, 2.05) is 18.6 Å². The maximum Gasteiger partial charge on any atom is 0.00836 e. The third-order valence-corrected chi connectivity index (χ3v) is 1.39. The van der Waals surface area contributed by atoms with Crippen LogP contribution in [0.2, 0.25) is 0 Å². The highest BCUT2D eigenvalue weighted by Crippen LogP contribution is 2.12. The van der Waals surface area contributed by atoms with E-state index in [-0.39, 0.29) is 0 Å². The van der Waals surface area contributed by atoms with Gasteiger partial charge in [0.2, 0.25) is 0 Å². The van der Waals surface area contributed by atoms with Gasteiger partial charge in [-0.25, -0.2) is 0 Å². The molecular weight excluding hydrogens is 154 g/mol. The van der Waals surface area contributed by atoms with Crippen molar-refractivity contribution < 1.29 is 0 Å². The Hall–Kier alpha value is -0.370. The summed E-state index contributed by atoms with van der Waals surface area (Å²) in [6, 6.07) is 0. The SMILES string of the molecule is CC1=CC=C(N)CC1.CSC. The zero-order valence-corrected chi connectivity index (χ0v) is 8.37. The van der Waals surface area contributed by atoms with Crippen molar-refractivity contribution in [3.8, 4) is 0 Å². The van der Waals surface area contributed by atoms with Crippen LogP contribution in [0.4, 0.5) is 0 Å². The molecule has 1 nitrogen and oxygen atoms in total. The van der Waals surface area contributed by atoms with Crippen LogP contribution in [0.5, 0.6) is 0 Å². The van der Waals surface area contributed by atoms with Crippen molar-refractivity contribution in [2.75, 3.05) is 12.5 Å².